The number of piperazine rings is 1. The minimum atomic E-state index is -0.373. The molecule has 0 bridgehead atoms. The number of oxazole rings is 1. The fraction of sp³-hybridized carbons (Fsp3) is 0.278. The van der Waals surface area contributed by atoms with Crippen LogP contribution in [0.3, 0.4) is 0 Å². The number of fused-ring (bicyclic) bond motifs is 1. The number of nitro groups is 1. The summed E-state index contributed by atoms with van der Waals surface area (Å²) in [5.74, 6) is 0.741. The topological polar surface area (TPSA) is 75.7 Å². The first-order valence-electron chi connectivity index (χ1n) is 8.25. The van der Waals surface area contributed by atoms with Crippen LogP contribution in [0.15, 0.2) is 52.9 Å². The Kier molecular flexibility index (Phi) is 4.07. The summed E-state index contributed by atoms with van der Waals surface area (Å²) in [7, 11) is 0. The van der Waals surface area contributed by atoms with E-state index in [4.69, 9.17) is 4.42 Å². The molecule has 0 atom stereocenters. The molecule has 1 aromatic heterocycles. The lowest BCUT2D eigenvalue weighted by atomic mass is 10.2. The van der Waals surface area contributed by atoms with Crippen LogP contribution in [-0.2, 0) is 6.54 Å². The van der Waals surface area contributed by atoms with E-state index in [1.165, 1.54) is 0 Å². The van der Waals surface area contributed by atoms with E-state index in [1.807, 2.05) is 36.4 Å². The molecule has 1 aliphatic rings. The Morgan fingerprint density at radius 2 is 1.76 bits per heavy atom. The fourth-order valence-electron chi connectivity index (χ4n) is 3.13. The van der Waals surface area contributed by atoms with E-state index in [1.54, 1.807) is 12.1 Å². The molecule has 0 amide bonds. The van der Waals surface area contributed by atoms with Gasteiger partial charge in [0.25, 0.3) is 5.69 Å². The number of non-ortho nitro benzene ring substituents is 1. The molecule has 1 fully saturated rings. The van der Waals surface area contributed by atoms with Crippen LogP contribution >= 0.6 is 0 Å². The van der Waals surface area contributed by atoms with Crippen LogP contribution in [-0.4, -0.2) is 41.0 Å². The second-order valence-corrected chi connectivity index (χ2v) is 6.11. The van der Waals surface area contributed by atoms with Gasteiger partial charge in [0.2, 0.25) is 5.89 Å². The van der Waals surface area contributed by atoms with Crippen LogP contribution in [0.5, 0.6) is 0 Å². The van der Waals surface area contributed by atoms with Crippen molar-refractivity contribution in [3.63, 3.8) is 0 Å². The number of rotatable bonds is 4. The summed E-state index contributed by atoms with van der Waals surface area (Å²) in [6, 6.07) is 14.5. The molecule has 1 aliphatic heterocycles. The normalized spacial score (nSPS) is 15.6. The van der Waals surface area contributed by atoms with Crippen LogP contribution in [0.25, 0.3) is 11.1 Å². The van der Waals surface area contributed by atoms with E-state index in [0.29, 0.717) is 6.54 Å². The molecule has 7 heteroatoms. The molecular formula is C18H18N4O3. The molecule has 1 saturated heterocycles. The predicted octanol–water partition coefficient (Wildman–Crippen LogP) is 3.06. The number of anilines is 1. The highest BCUT2D eigenvalue weighted by atomic mass is 16.6. The summed E-state index contributed by atoms with van der Waals surface area (Å²) in [6.07, 6.45) is 0. The van der Waals surface area contributed by atoms with Gasteiger partial charge in [-0.1, -0.05) is 12.1 Å². The maximum atomic E-state index is 10.7. The molecule has 3 aromatic rings. The lowest BCUT2D eigenvalue weighted by molar-refractivity contribution is -0.384. The predicted molar refractivity (Wildman–Crippen MR) is 94.6 cm³/mol. The van der Waals surface area contributed by atoms with Gasteiger partial charge >= 0.3 is 0 Å². The zero-order valence-corrected chi connectivity index (χ0v) is 13.7. The molecule has 0 unspecified atom stereocenters. The molecule has 0 radical (unpaired) electrons. The highest BCUT2D eigenvalue weighted by molar-refractivity contribution is 5.72. The number of nitrogens with zero attached hydrogens (tertiary/aromatic N) is 4. The Labute approximate surface area is 144 Å². The van der Waals surface area contributed by atoms with Crippen molar-refractivity contribution in [1.29, 1.82) is 0 Å². The molecule has 2 aromatic carbocycles. The van der Waals surface area contributed by atoms with Crippen molar-refractivity contribution in [2.75, 3.05) is 31.1 Å². The number of aromatic nitrogens is 1. The summed E-state index contributed by atoms with van der Waals surface area (Å²) in [5.41, 5.74) is 2.86. The van der Waals surface area contributed by atoms with Gasteiger partial charge in [-0.2, -0.15) is 0 Å². The zero-order valence-electron chi connectivity index (χ0n) is 13.7. The zero-order chi connectivity index (χ0) is 17.2. The first-order valence-corrected chi connectivity index (χ1v) is 8.25. The number of hydrogen-bond acceptors (Lipinski definition) is 6. The van der Waals surface area contributed by atoms with Gasteiger partial charge in [-0.25, -0.2) is 4.98 Å². The van der Waals surface area contributed by atoms with Crippen LogP contribution in [0.4, 0.5) is 11.4 Å². The molecule has 7 nitrogen and oxygen atoms in total. The van der Waals surface area contributed by atoms with Gasteiger partial charge in [0.1, 0.15) is 5.52 Å². The molecule has 25 heavy (non-hydrogen) atoms. The Bertz CT molecular complexity index is 850. The monoisotopic (exact) mass is 338 g/mol. The number of nitro benzene ring substituents is 1. The molecule has 0 aliphatic carbocycles. The van der Waals surface area contributed by atoms with Crippen molar-refractivity contribution in [3.8, 4) is 0 Å². The van der Waals surface area contributed by atoms with Gasteiger partial charge in [-0.05, 0) is 24.3 Å². The van der Waals surface area contributed by atoms with Gasteiger partial charge in [0.15, 0.2) is 5.58 Å². The second kappa shape index (κ2) is 6.52. The van der Waals surface area contributed by atoms with Gasteiger partial charge in [0, 0.05) is 44.0 Å². The van der Waals surface area contributed by atoms with Gasteiger partial charge in [-0.3, -0.25) is 15.0 Å². The van der Waals surface area contributed by atoms with Crippen molar-refractivity contribution in [3.05, 3.63) is 64.5 Å². The summed E-state index contributed by atoms with van der Waals surface area (Å²) in [4.78, 5) is 19.4. The van der Waals surface area contributed by atoms with Crippen LogP contribution < -0.4 is 4.90 Å². The lowest BCUT2D eigenvalue weighted by Crippen LogP contribution is -2.46. The third kappa shape index (κ3) is 3.32. The minimum Gasteiger partial charge on any atom is -0.439 e. The summed E-state index contributed by atoms with van der Waals surface area (Å²) >= 11 is 0. The van der Waals surface area contributed by atoms with E-state index in [0.717, 1.165) is 48.9 Å². The van der Waals surface area contributed by atoms with Gasteiger partial charge in [0.05, 0.1) is 11.5 Å². The first-order chi connectivity index (χ1) is 12.2. The molecular weight excluding hydrogens is 320 g/mol. The maximum absolute atomic E-state index is 10.7. The van der Waals surface area contributed by atoms with Crippen molar-refractivity contribution in [1.82, 2.24) is 9.88 Å². The summed E-state index contributed by atoms with van der Waals surface area (Å²) < 4.78 is 5.79. The van der Waals surface area contributed by atoms with Crippen molar-refractivity contribution >= 4 is 22.5 Å². The second-order valence-electron chi connectivity index (χ2n) is 6.11. The summed E-state index contributed by atoms with van der Waals surface area (Å²) in [5, 5.41) is 10.7. The quantitative estimate of drug-likeness (QED) is 0.537. The van der Waals surface area contributed by atoms with E-state index in [2.05, 4.69) is 14.8 Å². The Hall–Kier alpha value is -2.93. The van der Waals surface area contributed by atoms with Gasteiger partial charge < -0.3 is 9.32 Å². The highest BCUT2D eigenvalue weighted by Crippen LogP contribution is 2.22. The third-order valence-electron chi connectivity index (χ3n) is 4.50. The highest BCUT2D eigenvalue weighted by Gasteiger charge is 2.19. The first kappa shape index (κ1) is 15.6. The van der Waals surface area contributed by atoms with Crippen LogP contribution in [0.2, 0.25) is 0 Å². The van der Waals surface area contributed by atoms with Crippen molar-refractivity contribution < 1.29 is 9.34 Å². The van der Waals surface area contributed by atoms with E-state index >= 15 is 0 Å². The largest absolute Gasteiger partial charge is 0.439 e. The lowest BCUT2D eigenvalue weighted by Gasteiger charge is -2.35. The maximum Gasteiger partial charge on any atom is 0.269 e. The Morgan fingerprint density at radius 3 is 2.44 bits per heavy atom. The van der Waals surface area contributed by atoms with Crippen molar-refractivity contribution in [2.24, 2.45) is 0 Å². The number of para-hydroxylation sites is 2. The van der Waals surface area contributed by atoms with Crippen LogP contribution in [0, 0.1) is 10.1 Å². The molecule has 4 rings (SSSR count). The molecule has 0 saturated carbocycles. The number of benzene rings is 2. The number of hydrogen-bond donors (Lipinski definition) is 0. The molecule has 128 valence electrons. The van der Waals surface area contributed by atoms with Crippen LogP contribution in [0.1, 0.15) is 5.89 Å². The van der Waals surface area contributed by atoms with Gasteiger partial charge in [-0.15, -0.1) is 0 Å². The Balaban J connectivity index is 1.37. The average molecular weight is 338 g/mol. The minimum absolute atomic E-state index is 0.123. The average Bonchev–Trinajstić information content (AvgIpc) is 3.05. The van der Waals surface area contributed by atoms with E-state index in [-0.39, 0.29) is 10.6 Å². The van der Waals surface area contributed by atoms with E-state index < -0.39 is 0 Å². The van der Waals surface area contributed by atoms with Crippen molar-refractivity contribution in [2.45, 2.75) is 6.54 Å². The molecule has 0 spiro atoms. The molecule has 2 heterocycles. The summed E-state index contributed by atoms with van der Waals surface area (Å²) in [6.45, 7) is 4.24. The standard InChI is InChI=1S/C18H18N4O3/c23-22(24)15-7-5-14(6-8-15)21-11-9-20(10-12-21)13-18-19-16-3-1-2-4-17(16)25-18/h1-8H,9-13H2. The molecule has 0 N–H and O–H groups in total. The third-order valence-corrected chi connectivity index (χ3v) is 4.50. The SMILES string of the molecule is O=[N+]([O-])c1ccc(N2CCN(Cc3nc4ccccc4o3)CC2)cc1. The Morgan fingerprint density at radius 1 is 1.04 bits per heavy atom. The smallest absolute Gasteiger partial charge is 0.269 e. The van der Waals surface area contributed by atoms with E-state index in [9.17, 15) is 10.1 Å². The fourth-order valence-corrected chi connectivity index (χ4v) is 3.13.